The molecule has 4 heteroatoms. The molecule has 0 aliphatic carbocycles. The number of halogens is 1. The van der Waals surface area contributed by atoms with Crippen LogP contribution in [0.5, 0.6) is 0 Å². The van der Waals surface area contributed by atoms with Gasteiger partial charge in [0.05, 0.1) is 5.56 Å². The van der Waals surface area contributed by atoms with E-state index in [1.54, 1.807) is 30.3 Å². The second kappa shape index (κ2) is 6.35. The zero-order valence-electron chi connectivity index (χ0n) is 9.70. The van der Waals surface area contributed by atoms with E-state index in [0.29, 0.717) is 12.0 Å². The Labute approximate surface area is 109 Å². The first-order valence-corrected chi connectivity index (χ1v) is 6.02. The molecule has 0 bridgehead atoms. The number of rotatable bonds is 4. The molecule has 0 amide bonds. The Morgan fingerprint density at radius 1 is 1.29 bits per heavy atom. The molecule has 17 heavy (non-hydrogen) atoms. The van der Waals surface area contributed by atoms with E-state index < -0.39 is 5.97 Å². The van der Waals surface area contributed by atoms with Crippen molar-refractivity contribution in [2.45, 2.75) is 20.3 Å². The van der Waals surface area contributed by atoms with Gasteiger partial charge in [-0.25, -0.2) is 4.79 Å². The molecule has 1 aromatic rings. The third-order valence-electron chi connectivity index (χ3n) is 2.02. The number of hydrogen-bond donors (Lipinski definition) is 0. The van der Waals surface area contributed by atoms with E-state index in [-0.39, 0.29) is 11.5 Å². The zero-order chi connectivity index (χ0) is 12.8. The minimum absolute atomic E-state index is 0.0976. The van der Waals surface area contributed by atoms with Crippen LogP contribution in [0.2, 0.25) is 0 Å². The van der Waals surface area contributed by atoms with E-state index >= 15 is 0 Å². The Kier molecular flexibility index (Phi) is 5.10. The molecule has 0 N–H and O–H groups in total. The van der Waals surface area contributed by atoms with Gasteiger partial charge in [0, 0.05) is 11.4 Å². The first-order chi connectivity index (χ1) is 8.04. The number of ketones is 1. The number of ether oxygens (including phenoxy) is 1. The maximum atomic E-state index is 11.7. The Hall–Kier alpha value is -1.42. The third-order valence-corrected chi connectivity index (χ3v) is 2.55. The van der Waals surface area contributed by atoms with Crippen LogP contribution in [-0.4, -0.2) is 11.8 Å². The highest BCUT2D eigenvalue weighted by Crippen LogP contribution is 2.13. The average Bonchev–Trinajstić information content (AvgIpc) is 2.29. The number of esters is 1. The van der Waals surface area contributed by atoms with Crippen molar-refractivity contribution in [2.24, 2.45) is 0 Å². The van der Waals surface area contributed by atoms with E-state index in [1.807, 2.05) is 6.92 Å². The van der Waals surface area contributed by atoms with E-state index in [9.17, 15) is 9.59 Å². The number of Topliss-reactive ketones (excluding diaryl/α,β-unsaturated/α-hetero) is 1. The summed E-state index contributed by atoms with van der Waals surface area (Å²) < 4.78 is 5.92. The highest BCUT2D eigenvalue weighted by molar-refractivity contribution is 9.10. The van der Waals surface area contributed by atoms with Crippen molar-refractivity contribution in [1.29, 1.82) is 0 Å². The molecule has 1 aromatic carbocycles. The Bertz CT molecular complexity index is 446. The lowest BCUT2D eigenvalue weighted by molar-refractivity contribution is -0.116. The highest BCUT2D eigenvalue weighted by atomic mass is 79.9. The lowest BCUT2D eigenvalue weighted by Gasteiger charge is -2.05. The quantitative estimate of drug-likeness (QED) is 0.485. The van der Waals surface area contributed by atoms with Gasteiger partial charge < -0.3 is 4.74 Å². The Balaban J connectivity index is 2.81. The highest BCUT2D eigenvalue weighted by Gasteiger charge is 2.12. The van der Waals surface area contributed by atoms with Crippen LogP contribution in [0.15, 0.2) is 40.6 Å². The SMILES string of the molecule is CC/C=C(\OC(=O)c1ccc(Br)cc1)C(C)=O. The molecular weight excluding hydrogens is 284 g/mol. The summed E-state index contributed by atoms with van der Waals surface area (Å²) in [5.74, 6) is -0.676. The van der Waals surface area contributed by atoms with Crippen LogP contribution in [0.3, 0.4) is 0 Å². The predicted molar refractivity (Wildman–Crippen MR) is 68.6 cm³/mol. The molecule has 3 nitrogen and oxygen atoms in total. The summed E-state index contributed by atoms with van der Waals surface area (Å²) in [7, 11) is 0. The van der Waals surface area contributed by atoms with Crippen LogP contribution in [0, 0.1) is 0 Å². The van der Waals surface area contributed by atoms with Crippen LogP contribution < -0.4 is 0 Å². The number of carbonyl (C=O) groups excluding carboxylic acids is 2. The van der Waals surface area contributed by atoms with Gasteiger partial charge >= 0.3 is 5.97 Å². The lowest BCUT2D eigenvalue weighted by Crippen LogP contribution is -2.09. The van der Waals surface area contributed by atoms with Crippen LogP contribution in [0.25, 0.3) is 0 Å². The summed E-state index contributed by atoms with van der Waals surface area (Å²) in [4.78, 5) is 22.9. The summed E-state index contributed by atoms with van der Waals surface area (Å²) in [6, 6.07) is 6.76. The molecule has 0 fully saturated rings. The van der Waals surface area contributed by atoms with E-state index in [4.69, 9.17) is 4.74 Å². The van der Waals surface area contributed by atoms with E-state index in [2.05, 4.69) is 15.9 Å². The molecule has 0 spiro atoms. The summed E-state index contributed by atoms with van der Waals surface area (Å²) in [6.45, 7) is 3.24. The van der Waals surface area contributed by atoms with Gasteiger partial charge in [0.1, 0.15) is 0 Å². The number of carbonyl (C=O) groups is 2. The Morgan fingerprint density at radius 3 is 2.35 bits per heavy atom. The fourth-order valence-electron chi connectivity index (χ4n) is 1.19. The van der Waals surface area contributed by atoms with Crippen molar-refractivity contribution in [2.75, 3.05) is 0 Å². The molecular formula is C13H13BrO3. The average molecular weight is 297 g/mol. The molecule has 90 valence electrons. The maximum absolute atomic E-state index is 11.7. The molecule has 0 aromatic heterocycles. The molecule has 0 unspecified atom stereocenters. The summed E-state index contributed by atoms with van der Waals surface area (Å²) in [5.41, 5.74) is 0.413. The van der Waals surface area contributed by atoms with Crippen LogP contribution in [0.4, 0.5) is 0 Å². The standard InChI is InChI=1S/C13H13BrO3/c1-3-4-12(9(2)15)17-13(16)10-5-7-11(14)8-6-10/h4-8H,3H2,1-2H3/b12-4-. The second-order valence-electron chi connectivity index (χ2n) is 3.43. The van der Waals surface area contributed by atoms with Crippen molar-refractivity contribution in [3.05, 3.63) is 46.1 Å². The van der Waals surface area contributed by atoms with Gasteiger partial charge in [-0.2, -0.15) is 0 Å². The van der Waals surface area contributed by atoms with Gasteiger partial charge in [0.15, 0.2) is 11.5 Å². The largest absolute Gasteiger partial charge is 0.419 e. The van der Waals surface area contributed by atoms with Crippen molar-refractivity contribution < 1.29 is 14.3 Å². The number of benzene rings is 1. The van der Waals surface area contributed by atoms with E-state index in [1.165, 1.54) is 6.92 Å². The second-order valence-corrected chi connectivity index (χ2v) is 4.34. The molecule has 0 heterocycles. The molecule has 0 saturated carbocycles. The van der Waals surface area contributed by atoms with Gasteiger partial charge in [0.2, 0.25) is 0 Å². The smallest absolute Gasteiger partial charge is 0.343 e. The summed E-state index contributed by atoms with van der Waals surface area (Å²) in [5, 5.41) is 0. The fraction of sp³-hybridized carbons (Fsp3) is 0.231. The minimum atomic E-state index is -0.521. The van der Waals surface area contributed by atoms with Crippen LogP contribution in [-0.2, 0) is 9.53 Å². The zero-order valence-corrected chi connectivity index (χ0v) is 11.3. The van der Waals surface area contributed by atoms with Crippen molar-refractivity contribution in [3.63, 3.8) is 0 Å². The van der Waals surface area contributed by atoms with Gasteiger partial charge in [-0.05, 0) is 36.8 Å². The fourth-order valence-corrected chi connectivity index (χ4v) is 1.45. The first kappa shape index (κ1) is 13.6. The first-order valence-electron chi connectivity index (χ1n) is 5.23. The Morgan fingerprint density at radius 2 is 1.88 bits per heavy atom. The van der Waals surface area contributed by atoms with Gasteiger partial charge in [-0.3, -0.25) is 4.79 Å². The topological polar surface area (TPSA) is 43.4 Å². The normalized spacial score (nSPS) is 11.1. The van der Waals surface area contributed by atoms with Gasteiger partial charge in [-0.15, -0.1) is 0 Å². The summed E-state index contributed by atoms with van der Waals surface area (Å²) >= 11 is 3.28. The van der Waals surface area contributed by atoms with Crippen molar-refractivity contribution >= 4 is 27.7 Å². The molecule has 1 rings (SSSR count). The van der Waals surface area contributed by atoms with E-state index in [0.717, 1.165) is 4.47 Å². The molecule has 0 radical (unpaired) electrons. The minimum Gasteiger partial charge on any atom is -0.419 e. The number of hydrogen-bond acceptors (Lipinski definition) is 3. The lowest BCUT2D eigenvalue weighted by atomic mass is 10.2. The molecule has 0 atom stereocenters. The number of allylic oxidation sites excluding steroid dienone is 2. The molecule has 0 saturated heterocycles. The van der Waals surface area contributed by atoms with Crippen LogP contribution in [0.1, 0.15) is 30.6 Å². The van der Waals surface area contributed by atoms with Gasteiger partial charge in [0.25, 0.3) is 0 Å². The van der Waals surface area contributed by atoms with Gasteiger partial charge in [-0.1, -0.05) is 22.9 Å². The summed E-state index contributed by atoms with van der Waals surface area (Å²) in [6.07, 6.45) is 2.24. The van der Waals surface area contributed by atoms with Crippen molar-refractivity contribution in [1.82, 2.24) is 0 Å². The van der Waals surface area contributed by atoms with Crippen molar-refractivity contribution in [3.8, 4) is 0 Å². The predicted octanol–water partition coefficient (Wildman–Crippen LogP) is 3.49. The third kappa shape index (κ3) is 4.15. The molecule has 0 aliphatic rings. The maximum Gasteiger partial charge on any atom is 0.343 e. The monoisotopic (exact) mass is 296 g/mol. The molecule has 0 aliphatic heterocycles. The van der Waals surface area contributed by atoms with Crippen LogP contribution >= 0.6 is 15.9 Å².